The fourth-order valence-electron chi connectivity index (χ4n) is 0.983. The normalized spacial score (nSPS) is 10.0. The van der Waals surface area contributed by atoms with Crippen LogP contribution in [0.2, 0.25) is 0 Å². The number of anilines is 1. The van der Waals surface area contributed by atoms with Crippen LogP contribution in [-0.4, -0.2) is 7.13 Å². The Morgan fingerprint density at radius 3 is 3.20 bits per heavy atom. The molecule has 1 heterocycles. The Labute approximate surface area is 58.9 Å². The Hall–Kier alpha value is -1.25. The van der Waals surface area contributed by atoms with Gasteiger partial charge in [-0.2, -0.15) is 0 Å². The Morgan fingerprint density at radius 1 is 1.40 bits per heavy atom. The second kappa shape index (κ2) is 1.87. The van der Waals surface area contributed by atoms with Gasteiger partial charge in [0.25, 0.3) is 0 Å². The minimum absolute atomic E-state index is 0.772. The first kappa shape index (κ1) is 5.53. The van der Waals surface area contributed by atoms with E-state index in [2.05, 4.69) is 0 Å². The van der Waals surface area contributed by atoms with Crippen LogP contribution in [0.5, 0.6) is 0 Å². The Kier molecular flexibility index (Phi) is 1.03. The molecule has 0 aliphatic carbocycles. The van der Waals surface area contributed by atoms with Gasteiger partial charge in [-0.15, -0.1) is 0 Å². The monoisotopic (exact) mass is 131 g/mol. The molecular weight excluding hydrogens is 125 g/mol. The van der Waals surface area contributed by atoms with Crippen LogP contribution >= 0.6 is 0 Å². The van der Waals surface area contributed by atoms with E-state index in [0.717, 1.165) is 16.4 Å². The van der Waals surface area contributed by atoms with E-state index in [0.29, 0.717) is 0 Å². The van der Waals surface area contributed by atoms with Crippen molar-refractivity contribution in [2.45, 2.75) is 0 Å². The third-order valence-electron chi connectivity index (χ3n) is 1.50. The van der Waals surface area contributed by atoms with Gasteiger partial charge in [-0.05, 0) is 0 Å². The van der Waals surface area contributed by atoms with E-state index >= 15 is 0 Å². The molecule has 0 saturated carbocycles. The molecule has 2 nitrogen and oxygen atoms in total. The van der Waals surface area contributed by atoms with Crippen LogP contribution in [0, 0.1) is 0 Å². The molecule has 0 fully saturated rings. The zero-order chi connectivity index (χ0) is 6.97. The summed E-state index contributed by atoms with van der Waals surface area (Å²) in [5.74, 6) is 0. The van der Waals surface area contributed by atoms with Gasteiger partial charge in [-0.25, -0.2) is 0 Å². The van der Waals surface area contributed by atoms with E-state index in [1.54, 1.807) is 13.4 Å². The first-order valence-electron chi connectivity index (χ1n) is 3.08. The Balaban J connectivity index is 2.86. The van der Waals surface area contributed by atoms with Crippen LogP contribution in [0.4, 0.5) is 5.69 Å². The molecule has 0 bridgehead atoms. The molecule has 0 radical (unpaired) electrons. The van der Waals surface area contributed by atoms with E-state index < -0.39 is 0 Å². The van der Waals surface area contributed by atoms with E-state index in [1.165, 1.54) is 0 Å². The van der Waals surface area contributed by atoms with Crippen molar-refractivity contribution in [2.75, 3.05) is 5.73 Å². The van der Waals surface area contributed by atoms with E-state index in [1.807, 2.05) is 18.2 Å². The molecule has 0 spiro atoms. The maximum atomic E-state index is 5.54. The van der Waals surface area contributed by atoms with Crippen molar-refractivity contribution in [2.24, 2.45) is 0 Å². The predicted molar refractivity (Wildman–Crippen MR) is 42.0 cm³/mol. The summed E-state index contributed by atoms with van der Waals surface area (Å²) in [5.41, 5.74) is 6.31. The number of benzene rings is 1. The Morgan fingerprint density at radius 2 is 2.30 bits per heavy atom. The number of fused-ring (bicyclic) bond motifs is 1. The van der Waals surface area contributed by atoms with Crippen LogP contribution in [0.3, 0.4) is 0 Å². The van der Waals surface area contributed by atoms with Crippen LogP contribution in [0.25, 0.3) is 10.7 Å². The second-order valence-corrected chi connectivity index (χ2v) is 2.26. The summed E-state index contributed by atoms with van der Waals surface area (Å²) in [7, 11) is 1.70. The molecule has 0 atom stereocenters. The van der Waals surface area contributed by atoms with Crippen LogP contribution in [0.15, 0.2) is 28.8 Å². The number of rotatable bonds is 0. The molecule has 3 heteroatoms. The molecule has 2 N–H and O–H groups in total. The quantitative estimate of drug-likeness (QED) is 0.548. The molecule has 0 amide bonds. The molecular formula is C7H6BNO. The average molecular weight is 131 g/mol. The third kappa shape index (κ3) is 0.710. The van der Waals surface area contributed by atoms with Crippen molar-refractivity contribution in [1.82, 2.24) is 0 Å². The van der Waals surface area contributed by atoms with Crippen molar-refractivity contribution in [1.29, 1.82) is 0 Å². The molecule has 1 aromatic carbocycles. The summed E-state index contributed by atoms with van der Waals surface area (Å²) >= 11 is 0. The van der Waals surface area contributed by atoms with Crippen molar-refractivity contribution >= 4 is 23.5 Å². The summed E-state index contributed by atoms with van der Waals surface area (Å²) in [5, 5.41) is 2.15. The number of nitrogens with two attached hydrogens (primary N) is 1. The molecule has 10 heavy (non-hydrogen) atoms. The molecule has 1 aromatic heterocycles. The van der Waals surface area contributed by atoms with Crippen LogP contribution < -0.4 is 5.73 Å². The molecule has 48 valence electrons. The topological polar surface area (TPSA) is 39.2 Å². The van der Waals surface area contributed by atoms with Gasteiger partial charge < -0.3 is 0 Å². The van der Waals surface area contributed by atoms with Gasteiger partial charge in [0.05, 0.1) is 0 Å². The molecule has 2 rings (SSSR count). The van der Waals surface area contributed by atoms with Crippen LogP contribution in [-0.2, 0) is 0 Å². The Bertz CT molecular complexity index is 355. The van der Waals surface area contributed by atoms with Gasteiger partial charge >= 0.3 is 58.0 Å². The van der Waals surface area contributed by atoms with Gasteiger partial charge in [0.1, 0.15) is 0 Å². The fraction of sp³-hybridized carbons (Fsp3) is 0. The summed E-state index contributed by atoms with van der Waals surface area (Å²) in [4.78, 5) is 0. The van der Waals surface area contributed by atoms with Crippen molar-refractivity contribution in [3.63, 3.8) is 0 Å². The van der Waals surface area contributed by atoms with Gasteiger partial charge in [0, 0.05) is 0 Å². The predicted octanol–water partition coefficient (Wildman–Crippen LogP) is 1.35. The second-order valence-electron chi connectivity index (χ2n) is 2.26. The zero-order valence-electron chi connectivity index (χ0n) is 5.37. The molecule has 0 unspecified atom stereocenters. The third-order valence-corrected chi connectivity index (χ3v) is 1.50. The van der Waals surface area contributed by atoms with Gasteiger partial charge in [0.2, 0.25) is 0 Å². The molecule has 0 saturated heterocycles. The minimum atomic E-state index is 0.772. The summed E-state index contributed by atoms with van der Waals surface area (Å²) in [6.07, 6.45) is 1.69. The zero-order valence-corrected chi connectivity index (χ0v) is 5.37. The van der Waals surface area contributed by atoms with Crippen molar-refractivity contribution < 1.29 is 4.33 Å². The van der Waals surface area contributed by atoms with Crippen molar-refractivity contribution in [3.8, 4) is 0 Å². The standard InChI is InChI=1S/C7H6BNO/c9-6-1-2-7-5(3-6)4-10-8-7/h1-4H,9H2. The maximum absolute atomic E-state index is 5.54. The number of nitrogen functional groups attached to an aromatic ring is 1. The fourth-order valence-corrected chi connectivity index (χ4v) is 0.983. The number of hydrogen-bond donors (Lipinski definition) is 1. The first-order valence-corrected chi connectivity index (χ1v) is 3.08. The summed E-state index contributed by atoms with van der Waals surface area (Å²) in [6, 6.07) is 5.69. The summed E-state index contributed by atoms with van der Waals surface area (Å²) < 4.78 is 4.96. The molecule has 0 aliphatic heterocycles. The van der Waals surface area contributed by atoms with Crippen molar-refractivity contribution in [3.05, 3.63) is 24.5 Å². The molecule has 0 aliphatic rings. The van der Waals surface area contributed by atoms with Gasteiger partial charge in [-0.3, -0.25) is 0 Å². The molecule has 2 aromatic rings. The summed E-state index contributed by atoms with van der Waals surface area (Å²) in [6.45, 7) is 0. The average Bonchev–Trinajstić information content (AvgIpc) is 2.33. The number of hydrogen-bond acceptors (Lipinski definition) is 2. The SMILES string of the molecule is Nc1ccc2bocc2c1. The van der Waals surface area contributed by atoms with Crippen LogP contribution in [0.1, 0.15) is 0 Å². The van der Waals surface area contributed by atoms with E-state index in [-0.39, 0.29) is 0 Å². The van der Waals surface area contributed by atoms with Gasteiger partial charge in [0.15, 0.2) is 0 Å². The van der Waals surface area contributed by atoms with Gasteiger partial charge in [-0.1, -0.05) is 0 Å². The van der Waals surface area contributed by atoms with E-state index in [9.17, 15) is 0 Å². The van der Waals surface area contributed by atoms with E-state index in [4.69, 9.17) is 10.1 Å². The first-order chi connectivity index (χ1) is 4.86.